The van der Waals surface area contributed by atoms with Crippen LogP contribution >= 0.6 is 0 Å². The smallest absolute Gasteiger partial charge is 0.0698 e. The molecule has 2 aliphatic rings. The van der Waals surface area contributed by atoms with Crippen molar-refractivity contribution in [2.75, 3.05) is 0 Å². The minimum atomic E-state index is 0.536. The van der Waals surface area contributed by atoms with Crippen LogP contribution in [0.5, 0.6) is 0 Å². The molecule has 3 heterocycles. The zero-order valence-electron chi connectivity index (χ0n) is 8.80. The Morgan fingerprint density at radius 1 is 1.36 bits per heavy atom. The first-order valence-corrected chi connectivity index (χ1v) is 5.58. The van der Waals surface area contributed by atoms with E-state index >= 15 is 0 Å². The maximum Gasteiger partial charge on any atom is 0.0698 e. The SMILES string of the molecule is CC(C)c1n[nH]c2c1[C@H]1CC[C@@H](C2)N1. The van der Waals surface area contributed by atoms with Gasteiger partial charge in [-0.1, -0.05) is 13.8 Å². The molecule has 2 aliphatic heterocycles. The summed E-state index contributed by atoms with van der Waals surface area (Å²) in [5.74, 6) is 0.536. The third-order valence-electron chi connectivity index (χ3n) is 3.50. The third-order valence-corrected chi connectivity index (χ3v) is 3.50. The van der Waals surface area contributed by atoms with Gasteiger partial charge in [0.05, 0.1) is 5.69 Å². The maximum absolute atomic E-state index is 4.45. The molecule has 76 valence electrons. The molecule has 0 radical (unpaired) electrons. The van der Waals surface area contributed by atoms with Crippen LogP contribution < -0.4 is 5.32 Å². The highest BCUT2D eigenvalue weighted by Gasteiger charge is 2.35. The molecule has 1 aromatic heterocycles. The fourth-order valence-electron chi connectivity index (χ4n) is 2.84. The second kappa shape index (κ2) is 2.83. The van der Waals surface area contributed by atoms with E-state index in [1.165, 1.54) is 29.8 Å². The zero-order chi connectivity index (χ0) is 9.71. The first-order valence-electron chi connectivity index (χ1n) is 5.58. The molecule has 3 rings (SSSR count). The number of hydrogen-bond donors (Lipinski definition) is 2. The number of rotatable bonds is 1. The lowest BCUT2D eigenvalue weighted by Crippen LogP contribution is -2.31. The van der Waals surface area contributed by atoms with E-state index in [1.54, 1.807) is 0 Å². The predicted molar refractivity (Wildman–Crippen MR) is 55.3 cm³/mol. The second-order valence-corrected chi connectivity index (χ2v) is 4.85. The van der Waals surface area contributed by atoms with Gasteiger partial charge >= 0.3 is 0 Å². The van der Waals surface area contributed by atoms with Gasteiger partial charge in [0.25, 0.3) is 0 Å². The first-order chi connectivity index (χ1) is 6.75. The number of aromatic amines is 1. The maximum atomic E-state index is 4.45. The highest BCUT2D eigenvalue weighted by Crippen LogP contribution is 2.38. The van der Waals surface area contributed by atoms with Gasteiger partial charge in [0.1, 0.15) is 0 Å². The lowest BCUT2D eigenvalue weighted by molar-refractivity contribution is 0.507. The first kappa shape index (κ1) is 8.48. The van der Waals surface area contributed by atoms with Gasteiger partial charge in [-0.3, -0.25) is 5.10 Å². The monoisotopic (exact) mass is 191 g/mol. The van der Waals surface area contributed by atoms with E-state index in [0.29, 0.717) is 18.0 Å². The molecule has 2 atom stereocenters. The molecule has 0 saturated carbocycles. The van der Waals surface area contributed by atoms with E-state index in [1.807, 2.05) is 0 Å². The summed E-state index contributed by atoms with van der Waals surface area (Å²) in [4.78, 5) is 0. The van der Waals surface area contributed by atoms with E-state index in [-0.39, 0.29) is 0 Å². The summed E-state index contributed by atoms with van der Waals surface area (Å²) in [6.45, 7) is 4.44. The van der Waals surface area contributed by atoms with Crippen molar-refractivity contribution in [3.05, 3.63) is 17.0 Å². The molecule has 3 nitrogen and oxygen atoms in total. The van der Waals surface area contributed by atoms with Gasteiger partial charge in [0.2, 0.25) is 0 Å². The Hall–Kier alpha value is -0.830. The van der Waals surface area contributed by atoms with E-state index in [4.69, 9.17) is 0 Å². The van der Waals surface area contributed by atoms with Crippen LogP contribution in [-0.4, -0.2) is 16.2 Å². The zero-order valence-corrected chi connectivity index (χ0v) is 8.80. The summed E-state index contributed by atoms with van der Waals surface area (Å²) < 4.78 is 0. The molecule has 14 heavy (non-hydrogen) atoms. The van der Waals surface area contributed by atoms with E-state index in [9.17, 15) is 0 Å². The molecule has 3 heteroatoms. The average Bonchev–Trinajstić information content (AvgIpc) is 2.71. The summed E-state index contributed by atoms with van der Waals surface area (Å²) in [7, 11) is 0. The van der Waals surface area contributed by atoms with Crippen molar-refractivity contribution in [2.45, 2.75) is 51.1 Å². The van der Waals surface area contributed by atoms with Crippen LogP contribution in [0.2, 0.25) is 0 Å². The van der Waals surface area contributed by atoms with Crippen molar-refractivity contribution in [2.24, 2.45) is 0 Å². The Morgan fingerprint density at radius 2 is 2.21 bits per heavy atom. The van der Waals surface area contributed by atoms with Crippen molar-refractivity contribution in [1.82, 2.24) is 15.5 Å². The quantitative estimate of drug-likeness (QED) is 0.711. The van der Waals surface area contributed by atoms with Crippen LogP contribution in [0.25, 0.3) is 0 Å². The van der Waals surface area contributed by atoms with Crippen molar-refractivity contribution in [3.8, 4) is 0 Å². The Balaban J connectivity index is 2.08. The van der Waals surface area contributed by atoms with Gasteiger partial charge in [-0.15, -0.1) is 0 Å². The van der Waals surface area contributed by atoms with Gasteiger partial charge in [-0.2, -0.15) is 5.10 Å². The molecule has 0 amide bonds. The molecule has 0 aliphatic carbocycles. The fraction of sp³-hybridized carbons (Fsp3) is 0.727. The molecular weight excluding hydrogens is 174 g/mol. The summed E-state index contributed by atoms with van der Waals surface area (Å²) >= 11 is 0. The molecule has 1 saturated heterocycles. The number of aromatic nitrogens is 2. The Morgan fingerprint density at radius 3 is 3.00 bits per heavy atom. The van der Waals surface area contributed by atoms with Crippen LogP contribution in [0.4, 0.5) is 0 Å². The second-order valence-electron chi connectivity index (χ2n) is 4.85. The molecule has 0 aromatic carbocycles. The highest BCUT2D eigenvalue weighted by molar-refractivity contribution is 5.35. The van der Waals surface area contributed by atoms with Gasteiger partial charge in [0, 0.05) is 29.8 Å². The standard InChI is InChI=1S/C11H17N3/c1-6(2)11-10-8-4-3-7(12-8)5-9(10)13-14-11/h6-8,12H,3-5H2,1-2H3,(H,13,14)/t7-,8+/m0/s1. The number of nitrogens with one attached hydrogen (secondary N) is 2. The van der Waals surface area contributed by atoms with Crippen molar-refractivity contribution in [3.63, 3.8) is 0 Å². The largest absolute Gasteiger partial charge is 0.307 e. The summed E-state index contributed by atoms with van der Waals surface area (Å²) in [6.07, 6.45) is 3.76. The number of nitrogens with zero attached hydrogens (tertiary/aromatic N) is 1. The van der Waals surface area contributed by atoms with E-state index in [0.717, 1.165) is 6.42 Å². The van der Waals surface area contributed by atoms with E-state index < -0.39 is 0 Å². The van der Waals surface area contributed by atoms with Gasteiger partial charge in [0.15, 0.2) is 0 Å². The molecule has 1 aromatic rings. The number of H-pyrrole nitrogens is 1. The lowest BCUT2D eigenvalue weighted by Gasteiger charge is -2.22. The lowest BCUT2D eigenvalue weighted by atomic mass is 9.95. The van der Waals surface area contributed by atoms with Crippen molar-refractivity contribution in [1.29, 1.82) is 0 Å². The predicted octanol–water partition coefficient (Wildman–Crippen LogP) is 1.88. The molecule has 0 unspecified atom stereocenters. The highest BCUT2D eigenvalue weighted by atomic mass is 15.2. The Bertz CT molecular complexity index is 353. The molecular formula is C11H17N3. The average molecular weight is 191 g/mol. The number of fused-ring (bicyclic) bond motifs is 4. The molecule has 2 bridgehead atoms. The van der Waals surface area contributed by atoms with Gasteiger partial charge in [-0.25, -0.2) is 0 Å². The Kier molecular flexibility index (Phi) is 1.71. The van der Waals surface area contributed by atoms with Crippen LogP contribution in [0.1, 0.15) is 55.6 Å². The molecule has 1 fully saturated rings. The van der Waals surface area contributed by atoms with Crippen LogP contribution in [0.15, 0.2) is 0 Å². The van der Waals surface area contributed by atoms with Gasteiger partial charge in [-0.05, 0) is 18.8 Å². The van der Waals surface area contributed by atoms with Crippen LogP contribution in [-0.2, 0) is 6.42 Å². The molecule has 0 spiro atoms. The number of hydrogen-bond acceptors (Lipinski definition) is 2. The Labute approximate surface area is 84.3 Å². The van der Waals surface area contributed by atoms with Crippen LogP contribution in [0.3, 0.4) is 0 Å². The topological polar surface area (TPSA) is 40.7 Å². The minimum absolute atomic E-state index is 0.536. The van der Waals surface area contributed by atoms with Crippen LogP contribution in [0, 0.1) is 0 Å². The fourth-order valence-corrected chi connectivity index (χ4v) is 2.84. The summed E-state index contributed by atoms with van der Waals surface area (Å²) in [5, 5.41) is 11.3. The van der Waals surface area contributed by atoms with E-state index in [2.05, 4.69) is 29.4 Å². The van der Waals surface area contributed by atoms with Gasteiger partial charge < -0.3 is 5.32 Å². The summed E-state index contributed by atoms with van der Waals surface area (Å²) in [6, 6.07) is 1.29. The summed E-state index contributed by atoms with van der Waals surface area (Å²) in [5.41, 5.74) is 4.14. The molecule has 2 N–H and O–H groups in total. The van der Waals surface area contributed by atoms with Crippen molar-refractivity contribution < 1.29 is 0 Å². The minimum Gasteiger partial charge on any atom is -0.307 e. The third kappa shape index (κ3) is 1.05. The normalized spacial score (nSPS) is 29.6. The van der Waals surface area contributed by atoms with Crippen molar-refractivity contribution >= 4 is 0 Å².